The highest BCUT2D eigenvalue weighted by atomic mass is 35.5. The highest BCUT2D eigenvalue weighted by Crippen LogP contribution is 2.47. The quantitative estimate of drug-likeness (QED) is 0.432. The van der Waals surface area contributed by atoms with Crippen molar-refractivity contribution in [1.82, 2.24) is 10.2 Å². The molecule has 2 N–H and O–H groups in total. The number of benzene rings is 2. The molecule has 1 aliphatic rings. The van der Waals surface area contributed by atoms with Crippen molar-refractivity contribution in [1.29, 1.82) is 0 Å². The summed E-state index contributed by atoms with van der Waals surface area (Å²) >= 11 is 13.9. The number of aromatic nitrogens is 2. The maximum atomic E-state index is 13.1. The first-order valence-electron chi connectivity index (χ1n) is 8.30. The Morgan fingerprint density at radius 2 is 1.77 bits per heavy atom. The number of fused-ring (bicyclic) bond motifs is 1. The van der Waals surface area contributed by atoms with E-state index < -0.39 is 36.8 Å². The maximum Gasteiger partial charge on any atom is 0.416 e. The molecule has 2 heterocycles. The second kappa shape index (κ2) is 7.45. The number of aromatic amines is 1. The molecule has 4 rings (SSSR count). The van der Waals surface area contributed by atoms with Crippen LogP contribution in [0.25, 0.3) is 22.4 Å². The first-order valence-corrected chi connectivity index (χ1v) is 11.6. The normalized spacial score (nSPS) is 14.2. The van der Waals surface area contributed by atoms with E-state index in [9.17, 15) is 26.1 Å². The Kier molecular flexibility index (Phi) is 5.34. The van der Waals surface area contributed by atoms with E-state index in [4.69, 9.17) is 23.2 Å². The van der Waals surface area contributed by atoms with Crippen molar-refractivity contribution in [2.24, 2.45) is 0 Å². The molecule has 1 aromatic heterocycles. The molecule has 0 aliphatic carbocycles. The molecule has 0 bridgehead atoms. The van der Waals surface area contributed by atoms with Crippen LogP contribution in [0, 0.1) is 0 Å². The van der Waals surface area contributed by atoms with E-state index in [1.165, 1.54) is 6.07 Å². The van der Waals surface area contributed by atoms with E-state index in [0.717, 1.165) is 17.3 Å². The Balaban J connectivity index is 2.07. The molecule has 5 nitrogen and oxygen atoms in total. The maximum absolute atomic E-state index is 13.1. The van der Waals surface area contributed by atoms with Gasteiger partial charge in [-0.25, -0.2) is 0 Å². The van der Waals surface area contributed by atoms with Crippen LogP contribution in [0.1, 0.15) is 16.8 Å². The van der Waals surface area contributed by atoms with Crippen LogP contribution in [-0.4, -0.2) is 23.2 Å². The van der Waals surface area contributed by atoms with Crippen LogP contribution in [-0.2, 0) is 27.8 Å². The Labute approximate surface area is 183 Å². The molecular weight excluding hydrogens is 484 g/mol. The zero-order valence-electron chi connectivity index (χ0n) is 14.7. The molecule has 0 fully saturated rings. The summed E-state index contributed by atoms with van der Waals surface area (Å²) in [6.07, 6.45) is -4.70. The summed E-state index contributed by atoms with van der Waals surface area (Å²) in [6.45, 7) is 0. The Bertz CT molecular complexity index is 1250. The monoisotopic (exact) mass is 494 g/mol. The second-order valence-corrected chi connectivity index (χ2v) is 9.68. The first kappa shape index (κ1) is 21.5. The topological polar surface area (TPSA) is 83.1 Å². The third kappa shape index (κ3) is 3.71. The summed E-state index contributed by atoms with van der Waals surface area (Å²) in [6, 6.07) is 5.40. The summed E-state index contributed by atoms with van der Waals surface area (Å²) in [4.78, 5) is -0.536. The van der Waals surface area contributed by atoms with Crippen molar-refractivity contribution in [3.8, 4) is 22.4 Å². The number of thioether (sulfide) groups is 1. The number of hydrogen-bond donors (Lipinski definition) is 2. The van der Waals surface area contributed by atoms with Crippen molar-refractivity contribution in [2.45, 2.75) is 22.6 Å². The van der Waals surface area contributed by atoms with Crippen LogP contribution in [0.15, 0.2) is 35.2 Å². The third-order valence-corrected chi connectivity index (χ3v) is 7.10. The first-order chi connectivity index (χ1) is 14.0. The number of rotatable bonds is 3. The van der Waals surface area contributed by atoms with Crippen LogP contribution in [0.3, 0.4) is 0 Å². The third-order valence-electron chi connectivity index (χ3n) is 4.62. The molecule has 0 amide bonds. The lowest BCUT2D eigenvalue weighted by Crippen LogP contribution is -2.07. The fourth-order valence-corrected chi connectivity index (χ4v) is 5.79. The molecule has 12 heteroatoms. The van der Waals surface area contributed by atoms with Gasteiger partial charge in [-0.15, -0.1) is 0 Å². The Morgan fingerprint density at radius 3 is 2.37 bits per heavy atom. The van der Waals surface area contributed by atoms with E-state index in [0.29, 0.717) is 29.3 Å². The highest BCUT2D eigenvalue weighted by molar-refractivity contribution is 7.98. The molecule has 0 atom stereocenters. The fraction of sp³-hybridized carbons (Fsp3) is 0.167. The lowest BCUT2D eigenvalue weighted by molar-refractivity contribution is -0.137. The number of alkyl halides is 3. The van der Waals surface area contributed by atoms with Crippen LogP contribution in [0.2, 0.25) is 10.0 Å². The van der Waals surface area contributed by atoms with Gasteiger partial charge in [-0.1, -0.05) is 35.3 Å². The smallest absolute Gasteiger partial charge is 0.282 e. The minimum atomic E-state index is -4.76. The molecule has 0 radical (unpaired) electrons. The molecule has 1 aliphatic heterocycles. The second-order valence-electron chi connectivity index (χ2n) is 6.49. The van der Waals surface area contributed by atoms with Gasteiger partial charge in [0, 0.05) is 39.5 Å². The van der Waals surface area contributed by atoms with Gasteiger partial charge in [0.05, 0.1) is 21.3 Å². The van der Waals surface area contributed by atoms with Gasteiger partial charge >= 0.3 is 6.18 Å². The average molecular weight is 495 g/mol. The highest BCUT2D eigenvalue weighted by Gasteiger charge is 2.34. The number of nitrogens with one attached hydrogen (secondary N) is 1. The van der Waals surface area contributed by atoms with Gasteiger partial charge in [0.15, 0.2) is 0 Å². The van der Waals surface area contributed by atoms with Gasteiger partial charge < -0.3 is 0 Å². The van der Waals surface area contributed by atoms with Crippen molar-refractivity contribution in [3.63, 3.8) is 0 Å². The summed E-state index contributed by atoms with van der Waals surface area (Å²) in [7, 11) is -4.76. The summed E-state index contributed by atoms with van der Waals surface area (Å²) in [5.74, 6) is 1.31. The Morgan fingerprint density at radius 1 is 1.10 bits per heavy atom. The molecule has 3 aromatic rings. The van der Waals surface area contributed by atoms with Crippen molar-refractivity contribution in [2.75, 3.05) is 0 Å². The van der Waals surface area contributed by atoms with Gasteiger partial charge in [0.2, 0.25) is 0 Å². The standard InChI is InChI=1S/C18H11Cl2F3N2O3S2/c19-11-4-8(18(21,22)23)5-12(20)16(11)15-9(2-1-3-14(15)30(26,27)28)17-10-6-29-7-13(10)24-25-17/h1-5H,6-7H2,(H,24,25)(H,26,27,28). The summed E-state index contributed by atoms with van der Waals surface area (Å²) in [5, 5.41) is 6.32. The van der Waals surface area contributed by atoms with E-state index in [2.05, 4.69) is 10.2 Å². The van der Waals surface area contributed by atoms with Crippen molar-refractivity contribution < 1.29 is 26.1 Å². The van der Waals surface area contributed by atoms with Crippen LogP contribution in [0.5, 0.6) is 0 Å². The Hall–Kier alpha value is -1.72. The molecular formula is C18H11Cl2F3N2O3S2. The zero-order valence-corrected chi connectivity index (χ0v) is 17.9. The predicted molar refractivity (Wildman–Crippen MR) is 109 cm³/mol. The van der Waals surface area contributed by atoms with E-state index >= 15 is 0 Å². The molecule has 30 heavy (non-hydrogen) atoms. The average Bonchev–Trinajstić information content (AvgIpc) is 3.23. The fourth-order valence-electron chi connectivity index (χ4n) is 3.33. The number of halogens is 5. The SMILES string of the molecule is O=S(=O)(O)c1cccc(-c2n[nH]c3c2CSC3)c1-c1c(Cl)cc(C(F)(F)F)cc1Cl. The summed E-state index contributed by atoms with van der Waals surface area (Å²) in [5.41, 5.74) is 1.06. The molecule has 0 unspecified atom stereocenters. The lowest BCUT2D eigenvalue weighted by atomic mass is 9.94. The zero-order chi connectivity index (χ0) is 21.8. The predicted octanol–water partition coefficient (Wildman–Crippen LogP) is 6.06. The minimum absolute atomic E-state index is 0.116. The number of H-pyrrole nitrogens is 1. The van der Waals surface area contributed by atoms with Gasteiger partial charge in [0.1, 0.15) is 4.90 Å². The van der Waals surface area contributed by atoms with E-state index in [-0.39, 0.29) is 16.7 Å². The minimum Gasteiger partial charge on any atom is -0.282 e. The van der Waals surface area contributed by atoms with Gasteiger partial charge in [-0.2, -0.15) is 38.4 Å². The molecule has 0 spiro atoms. The van der Waals surface area contributed by atoms with E-state index in [1.807, 2.05) is 0 Å². The molecule has 158 valence electrons. The molecule has 2 aromatic carbocycles. The van der Waals surface area contributed by atoms with Gasteiger partial charge in [0.25, 0.3) is 10.1 Å². The largest absolute Gasteiger partial charge is 0.416 e. The van der Waals surface area contributed by atoms with Crippen LogP contribution < -0.4 is 0 Å². The lowest BCUT2D eigenvalue weighted by Gasteiger charge is -2.17. The van der Waals surface area contributed by atoms with E-state index in [1.54, 1.807) is 17.8 Å². The number of hydrogen-bond acceptors (Lipinski definition) is 4. The number of nitrogens with zero attached hydrogens (tertiary/aromatic N) is 1. The van der Waals surface area contributed by atoms with Crippen molar-refractivity contribution >= 4 is 45.1 Å². The van der Waals surface area contributed by atoms with Crippen LogP contribution >= 0.6 is 35.0 Å². The summed E-state index contributed by atoms with van der Waals surface area (Å²) < 4.78 is 73.4. The molecule has 0 saturated heterocycles. The van der Waals surface area contributed by atoms with Crippen molar-refractivity contribution in [3.05, 3.63) is 57.2 Å². The van der Waals surface area contributed by atoms with Gasteiger partial charge in [-0.05, 0) is 18.2 Å². The van der Waals surface area contributed by atoms with Crippen LogP contribution in [0.4, 0.5) is 13.2 Å². The molecule has 0 saturated carbocycles. The van der Waals surface area contributed by atoms with Gasteiger partial charge in [-0.3, -0.25) is 9.65 Å².